The number of barbiturate groups is 1. The van der Waals surface area contributed by atoms with Crippen LogP contribution in [0.2, 0.25) is 0 Å². The summed E-state index contributed by atoms with van der Waals surface area (Å²) < 4.78 is 0. The molecule has 0 aromatic carbocycles. The van der Waals surface area contributed by atoms with Gasteiger partial charge in [0.15, 0.2) is 0 Å². The number of nitrogens with one attached hydrogen (secondary N) is 1. The summed E-state index contributed by atoms with van der Waals surface area (Å²) in [6, 6.07) is 3.33. The molecule has 6 heteroatoms. The van der Waals surface area contributed by atoms with Crippen LogP contribution >= 0.6 is 11.3 Å². The fourth-order valence-electron chi connectivity index (χ4n) is 2.58. The largest absolute Gasteiger partial charge is 0.330 e. The van der Waals surface area contributed by atoms with Crippen LogP contribution in [-0.2, 0) is 16.0 Å². The number of thiophene rings is 1. The van der Waals surface area contributed by atoms with E-state index in [1.165, 1.54) is 4.90 Å². The van der Waals surface area contributed by atoms with Gasteiger partial charge < -0.3 is 0 Å². The molecule has 2 heterocycles. The lowest BCUT2D eigenvalue weighted by Crippen LogP contribution is -2.66. The molecule has 1 aliphatic heterocycles. The number of amides is 4. The van der Waals surface area contributed by atoms with Gasteiger partial charge in [0.1, 0.15) is 5.41 Å². The van der Waals surface area contributed by atoms with Crippen molar-refractivity contribution < 1.29 is 14.4 Å². The number of carbonyl (C=O) groups excluding carboxylic acids is 3. The van der Waals surface area contributed by atoms with E-state index in [1.54, 1.807) is 11.3 Å². The fourth-order valence-corrected chi connectivity index (χ4v) is 3.28. The molecule has 0 atom stereocenters. The molecule has 2 fully saturated rings. The molecule has 1 spiro atoms. The third-order valence-corrected chi connectivity index (χ3v) is 4.86. The van der Waals surface area contributed by atoms with Gasteiger partial charge >= 0.3 is 6.03 Å². The van der Waals surface area contributed by atoms with E-state index >= 15 is 0 Å². The number of carbonyl (C=O) groups is 3. The van der Waals surface area contributed by atoms with Crippen LogP contribution in [0.25, 0.3) is 0 Å². The molecule has 1 N–H and O–H groups in total. The molecule has 1 aliphatic carbocycles. The van der Waals surface area contributed by atoms with Crippen molar-refractivity contribution in [1.82, 2.24) is 10.2 Å². The predicted octanol–water partition coefficient (Wildman–Crippen LogP) is 1.54. The number of rotatable bonds is 3. The molecule has 0 unspecified atom stereocenters. The van der Waals surface area contributed by atoms with E-state index < -0.39 is 17.4 Å². The lowest BCUT2D eigenvalue weighted by molar-refractivity contribution is -0.157. The third-order valence-electron chi connectivity index (χ3n) is 3.92. The van der Waals surface area contributed by atoms with Crippen LogP contribution in [0.3, 0.4) is 0 Å². The van der Waals surface area contributed by atoms with Crippen molar-refractivity contribution in [3.05, 3.63) is 22.4 Å². The predicted molar refractivity (Wildman–Crippen MR) is 69.6 cm³/mol. The first-order valence-corrected chi connectivity index (χ1v) is 7.21. The molecular formula is C13H14N2O3S. The van der Waals surface area contributed by atoms with Gasteiger partial charge in [-0.2, -0.15) is 0 Å². The second-order valence-electron chi connectivity index (χ2n) is 4.98. The summed E-state index contributed by atoms with van der Waals surface area (Å²) in [7, 11) is 0. The number of hydrogen-bond donors (Lipinski definition) is 1. The van der Waals surface area contributed by atoms with E-state index in [-0.39, 0.29) is 5.91 Å². The summed E-state index contributed by atoms with van der Waals surface area (Å²) in [6.45, 7) is 0.334. The van der Waals surface area contributed by atoms with E-state index in [1.807, 2.05) is 17.5 Å². The van der Waals surface area contributed by atoms with E-state index in [4.69, 9.17) is 0 Å². The number of imide groups is 2. The maximum Gasteiger partial charge on any atom is 0.330 e. The Labute approximate surface area is 114 Å². The van der Waals surface area contributed by atoms with Crippen molar-refractivity contribution in [2.45, 2.75) is 25.7 Å². The molecule has 19 heavy (non-hydrogen) atoms. The van der Waals surface area contributed by atoms with Gasteiger partial charge in [0.25, 0.3) is 0 Å². The maximum absolute atomic E-state index is 12.4. The average molecular weight is 278 g/mol. The fraction of sp³-hybridized carbons (Fsp3) is 0.462. The topological polar surface area (TPSA) is 66.5 Å². The Hall–Kier alpha value is -1.69. The van der Waals surface area contributed by atoms with Crippen LogP contribution in [0.5, 0.6) is 0 Å². The molecule has 1 aromatic rings. The molecule has 1 aromatic heterocycles. The van der Waals surface area contributed by atoms with Gasteiger partial charge in [-0.25, -0.2) is 4.79 Å². The average Bonchev–Trinajstić information content (AvgIpc) is 2.79. The van der Waals surface area contributed by atoms with Gasteiger partial charge in [0.2, 0.25) is 11.8 Å². The second-order valence-corrected chi connectivity index (χ2v) is 6.01. The van der Waals surface area contributed by atoms with Crippen LogP contribution < -0.4 is 5.32 Å². The molecule has 1 saturated carbocycles. The minimum Gasteiger partial charge on any atom is -0.277 e. The smallest absolute Gasteiger partial charge is 0.277 e. The normalized spacial score (nSPS) is 21.5. The summed E-state index contributed by atoms with van der Waals surface area (Å²) in [5.41, 5.74) is -0.955. The highest BCUT2D eigenvalue weighted by molar-refractivity contribution is 7.09. The minimum absolute atomic E-state index is 0.316. The summed E-state index contributed by atoms with van der Waals surface area (Å²) in [5.74, 6) is -0.731. The van der Waals surface area contributed by atoms with Gasteiger partial charge in [-0.05, 0) is 30.7 Å². The zero-order chi connectivity index (χ0) is 13.5. The quantitative estimate of drug-likeness (QED) is 0.853. The van der Waals surface area contributed by atoms with Crippen LogP contribution in [0.15, 0.2) is 17.5 Å². The number of urea groups is 1. The molecule has 4 amide bonds. The van der Waals surface area contributed by atoms with Gasteiger partial charge in [-0.1, -0.05) is 12.5 Å². The Morgan fingerprint density at radius 1 is 1.32 bits per heavy atom. The SMILES string of the molecule is O=C1NC(=O)C2(CCC2)C(=O)N1CCc1cccs1. The van der Waals surface area contributed by atoms with E-state index in [0.29, 0.717) is 25.8 Å². The molecular weight excluding hydrogens is 264 g/mol. The number of nitrogens with zero attached hydrogens (tertiary/aromatic N) is 1. The summed E-state index contributed by atoms with van der Waals surface area (Å²) in [4.78, 5) is 38.3. The number of hydrogen-bond acceptors (Lipinski definition) is 4. The second kappa shape index (κ2) is 4.45. The summed E-state index contributed by atoms with van der Waals surface area (Å²) in [5, 5.41) is 4.28. The van der Waals surface area contributed by atoms with Gasteiger partial charge in [0, 0.05) is 11.4 Å². The van der Waals surface area contributed by atoms with Gasteiger partial charge in [-0.3, -0.25) is 19.8 Å². The molecule has 3 rings (SSSR count). The van der Waals surface area contributed by atoms with Crippen molar-refractivity contribution in [3.8, 4) is 0 Å². The Morgan fingerprint density at radius 3 is 2.68 bits per heavy atom. The standard InChI is InChI=1S/C13H14N2O3S/c16-10-13(5-2-6-13)11(17)15(12(18)14-10)7-4-9-3-1-8-19-9/h1,3,8H,2,4-7H2,(H,14,16,18). The van der Waals surface area contributed by atoms with Crippen molar-refractivity contribution in [3.63, 3.8) is 0 Å². The Bertz CT molecular complexity index is 534. The van der Waals surface area contributed by atoms with Crippen molar-refractivity contribution in [2.24, 2.45) is 5.41 Å². The van der Waals surface area contributed by atoms with Crippen molar-refractivity contribution in [2.75, 3.05) is 6.54 Å². The molecule has 2 aliphatic rings. The highest BCUT2D eigenvalue weighted by atomic mass is 32.1. The summed E-state index contributed by atoms with van der Waals surface area (Å²) >= 11 is 1.60. The molecule has 5 nitrogen and oxygen atoms in total. The highest BCUT2D eigenvalue weighted by Crippen LogP contribution is 2.44. The highest BCUT2D eigenvalue weighted by Gasteiger charge is 2.57. The third kappa shape index (κ3) is 1.87. The zero-order valence-electron chi connectivity index (χ0n) is 10.3. The zero-order valence-corrected chi connectivity index (χ0v) is 11.2. The van der Waals surface area contributed by atoms with Crippen molar-refractivity contribution in [1.29, 1.82) is 0 Å². The Kier molecular flexibility index (Phi) is 2.89. The van der Waals surface area contributed by atoms with Crippen LogP contribution in [0.4, 0.5) is 4.79 Å². The molecule has 0 bridgehead atoms. The maximum atomic E-state index is 12.4. The van der Waals surface area contributed by atoms with Crippen LogP contribution in [-0.4, -0.2) is 29.3 Å². The lowest BCUT2D eigenvalue weighted by Gasteiger charge is -2.44. The van der Waals surface area contributed by atoms with Crippen molar-refractivity contribution >= 4 is 29.2 Å². The van der Waals surface area contributed by atoms with E-state index in [0.717, 1.165) is 11.3 Å². The monoisotopic (exact) mass is 278 g/mol. The van der Waals surface area contributed by atoms with Gasteiger partial charge in [-0.15, -0.1) is 11.3 Å². The van der Waals surface area contributed by atoms with E-state index in [2.05, 4.69) is 5.32 Å². The van der Waals surface area contributed by atoms with Crippen LogP contribution in [0, 0.1) is 5.41 Å². The minimum atomic E-state index is -0.955. The summed E-state index contributed by atoms with van der Waals surface area (Å²) in [6.07, 6.45) is 2.62. The Morgan fingerprint density at radius 2 is 2.11 bits per heavy atom. The molecule has 0 radical (unpaired) electrons. The first kappa shape index (κ1) is 12.3. The first-order valence-electron chi connectivity index (χ1n) is 6.33. The molecule has 100 valence electrons. The first-order chi connectivity index (χ1) is 9.13. The van der Waals surface area contributed by atoms with Gasteiger partial charge in [0.05, 0.1) is 0 Å². The van der Waals surface area contributed by atoms with E-state index in [9.17, 15) is 14.4 Å². The lowest BCUT2D eigenvalue weighted by atomic mass is 9.66. The Balaban J connectivity index is 1.74. The van der Waals surface area contributed by atoms with Crippen LogP contribution in [0.1, 0.15) is 24.1 Å². The molecule has 1 saturated heterocycles.